The molecule has 0 aliphatic heterocycles. The van der Waals surface area contributed by atoms with E-state index in [0.29, 0.717) is 12.2 Å². The van der Waals surface area contributed by atoms with Gasteiger partial charge in [0.1, 0.15) is 17.2 Å². The third-order valence-electron chi connectivity index (χ3n) is 5.11. The molecule has 0 saturated carbocycles. The van der Waals surface area contributed by atoms with Crippen LogP contribution in [0.4, 0.5) is 4.39 Å². The zero-order valence-electron chi connectivity index (χ0n) is 17.2. The molecule has 4 rings (SSSR count). The zero-order chi connectivity index (χ0) is 21.3. The normalized spacial score (nSPS) is 10.9. The number of aromatic nitrogens is 3. The first-order valence-electron chi connectivity index (χ1n) is 9.74. The first-order valence-corrected chi connectivity index (χ1v) is 9.74. The summed E-state index contributed by atoms with van der Waals surface area (Å²) in [6, 6.07) is 17.9. The third-order valence-corrected chi connectivity index (χ3v) is 5.11. The van der Waals surface area contributed by atoms with Crippen LogP contribution in [0.3, 0.4) is 0 Å². The van der Waals surface area contributed by atoms with Crippen LogP contribution >= 0.6 is 0 Å². The highest BCUT2D eigenvalue weighted by Crippen LogP contribution is 2.24. The molecule has 0 aliphatic rings. The summed E-state index contributed by atoms with van der Waals surface area (Å²) >= 11 is 0. The van der Waals surface area contributed by atoms with Crippen LogP contribution in [0.2, 0.25) is 0 Å². The molecule has 0 spiro atoms. The van der Waals surface area contributed by atoms with Crippen molar-refractivity contribution in [2.45, 2.75) is 20.4 Å². The smallest absolute Gasteiger partial charge is 0.270 e. The summed E-state index contributed by atoms with van der Waals surface area (Å²) in [6.45, 7) is 4.31. The molecule has 4 aromatic rings. The average molecular weight is 402 g/mol. The molecule has 30 heavy (non-hydrogen) atoms. The molecular formula is C24H23FN4O. The molecule has 0 aliphatic carbocycles. The van der Waals surface area contributed by atoms with Crippen molar-refractivity contribution in [1.29, 1.82) is 0 Å². The maximum atomic E-state index is 13.1. The standard InChI is InChI=1S/C24H23FN4O/c1-16-6-7-17(2)22(13-16)29-23(14-20(27-29)21-5-4-12-28(21)3)24(30)26-15-18-8-10-19(25)11-9-18/h4-14H,15H2,1-3H3,(H,26,30). The Balaban J connectivity index is 1.72. The lowest BCUT2D eigenvalue weighted by Crippen LogP contribution is -2.25. The summed E-state index contributed by atoms with van der Waals surface area (Å²) in [4.78, 5) is 13.1. The van der Waals surface area contributed by atoms with Gasteiger partial charge in [0.05, 0.1) is 11.4 Å². The Kier molecular flexibility index (Phi) is 5.23. The largest absolute Gasteiger partial charge is 0.349 e. The fourth-order valence-corrected chi connectivity index (χ4v) is 3.40. The van der Waals surface area contributed by atoms with E-state index in [0.717, 1.165) is 33.8 Å². The molecule has 2 aromatic carbocycles. The summed E-state index contributed by atoms with van der Waals surface area (Å²) in [5.74, 6) is -0.543. The molecule has 0 radical (unpaired) electrons. The average Bonchev–Trinajstić information content (AvgIpc) is 3.35. The number of carbonyl (C=O) groups excluding carboxylic acids is 1. The van der Waals surface area contributed by atoms with E-state index in [-0.39, 0.29) is 11.7 Å². The van der Waals surface area contributed by atoms with E-state index in [1.807, 2.05) is 62.0 Å². The molecule has 0 unspecified atom stereocenters. The number of carbonyl (C=O) groups is 1. The van der Waals surface area contributed by atoms with Crippen LogP contribution in [-0.2, 0) is 13.6 Å². The van der Waals surface area contributed by atoms with E-state index in [2.05, 4.69) is 5.32 Å². The van der Waals surface area contributed by atoms with E-state index in [1.54, 1.807) is 22.9 Å². The van der Waals surface area contributed by atoms with Crippen LogP contribution in [-0.4, -0.2) is 20.3 Å². The second-order valence-corrected chi connectivity index (χ2v) is 7.43. The molecule has 1 N–H and O–H groups in total. The van der Waals surface area contributed by atoms with Gasteiger partial charge in [-0.05, 0) is 66.9 Å². The van der Waals surface area contributed by atoms with Gasteiger partial charge in [-0.2, -0.15) is 5.10 Å². The number of nitrogens with zero attached hydrogens (tertiary/aromatic N) is 3. The van der Waals surface area contributed by atoms with Crippen LogP contribution < -0.4 is 5.32 Å². The Morgan fingerprint density at radius 2 is 1.83 bits per heavy atom. The summed E-state index contributed by atoms with van der Waals surface area (Å²) < 4.78 is 16.8. The van der Waals surface area contributed by atoms with Crippen molar-refractivity contribution < 1.29 is 9.18 Å². The summed E-state index contributed by atoms with van der Waals surface area (Å²) in [7, 11) is 1.94. The predicted molar refractivity (Wildman–Crippen MR) is 115 cm³/mol. The lowest BCUT2D eigenvalue weighted by atomic mass is 10.1. The molecule has 2 aromatic heterocycles. The second kappa shape index (κ2) is 7.99. The number of amides is 1. The highest BCUT2D eigenvalue weighted by atomic mass is 19.1. The molecule has 1 amide bonds. The van der Waals surface area contributed by atoms with E-state index < -0.39 is 0 Å². The van der Waals surface area contributed by atoms with Crippen molar-refractivity contribution in [1.82, 2.24) is 19.7 Å². The minimum Gasteiger partial charge on any atom is -0.349 e. The van der Waals surface area contributed by atoms with E-state index >= 15 is 0 Å². The molecule has 0 atom stereocenters. The quantitative estimate of drug-likeness (QED) is 0.532. The molecule has 0 saturated heterocycles. The predicted octanol–water partition coefficient (Wildman–Crippen LogP) is 4.56. The number of rotatable bonds is 5. The maximum Gasteiger partial charge on any atom is 0.270 e. The van der Waals surface area contributed by atoms with Crippen molar-refractivity contribution >= 4 is 5.91 Å². The molecule has 152 valence electrons. The van der Waals surface area contributed by atoms with Crippen LogP contribution in [0.1, 0.15) is 27.2 Å². The van der Waals surface area contributed by atoms with Gasteiger partial charge in [0.25, 0.3) is 5.91 Å². The Morgan fingerprint density at radius 3 is 2.53 bits per heavy atom. The molecule has 5 nitrogen and oxygen atoms in total. The monoisotopic (exact) mass is 402 g/mol. The molecule has 6 heteroatoms. The minimum atomic E-state index is -0.301. The van der Waals surface area contributed by atoms with Crippen molar-refractivity contribution in [3.8, 4) is 17.1 Å². The third kappa shape index (κ3) is 3.89. The van der Waals surface area contributed by atoms with Crippen molar-refractivity contribution in [2.75, 3.05) is 0 Å². The first-order chi connectivity index (χ1) is 14.4. The van der Waals surface area contributed by atoms with E-state index in [4.69, 9.17) is 5.10 Å². The van der Waals surface area contributed by atoms with Crippen molar-refractivity contribution in [3.05, 3.63) is 95.1 Å². The highest BCUT2D eigenvalue weighted by molar-refractivity contribution is 5.94. The maximum absolute atomic E-state index is 13.1. The van der Waals surface area contributed by atoms with Gasteiger partial charge in [0.15, 0.2) is 0 Å². The number of halogens is 1. The van der Waals surface area contributed by atoms with Crippen molar-refractivity contribution in [2.24, 2.45) is 7.05 Å². The molecular weight excluding hydrogens is 379 g/mol. The molecule has 0 fully saturated rings. The number of aryl methyl sites for hydroxylation is 3. The van der Waals surface area contributed by atoms with Gasteiger partial charge in [-0.3, -0.25) is 4.79 Å². The lowest BCUT2D eigenvalue weighted by Gasteiger charge is -2.11. The van der Waals surface area contributed by atoms with Crippen LogP contribution in [0.25, 0.3) is 17.1 Å². The first kappa shape index (κ1) is 19.6. The topological polar surface area (TPSA) is 51.9 Å². The summed E-state index contributed by atoms with van der Waals surface area (Å²) in [6.07, 6.45) is 1.94. The number of hydrogen-bond donors (Lipinski definition) is 1. The minimum absolute atomic E-state index is 0.242. The van der Waals surface area contributed by atoms with Gasteiger partial charge in [-0.15, -0.1) is 0 Å². The second-order valence-electron chi connectivity index (χ2n) is 7.43. The fraction of sp³-hybridized carbons (Fsp3) is 0.167. The summed E-state index contributed by atoms with van der Waals surface area (Å²) in [5.41, 5.74) is 5.88. The Hall–Kier alpha value is -3.67. The van der Waals surface area contributed by atoms with Gasteiger partial charge in [0.2, 0.25) is 0 Å². The Labute approximate surface area is 174 Å². The van der Waals surface area contributed by atoms with Gasteiger partial charge in [0, 0.05) is 19.8 Å². The zero-order valence-corrected chi connectivity index (χ0v) is 17.2. The van der Waals surface area contributed by atoms with Gasteiger partial charge < -0.3 is 9.88 Å². The molecule has 0 bridgehead atoms. The number of nitrogens with one attached hydrogen (secondary N) is 1. The highest BCUT2D eigenvalue weighted by Gasteiger charge is 2.19. The van der Waals surface area contributed by atoms with Crippen LogP contribution in [0, 0.1) is 19.7 Å². The van der Waals surface area contributed by atoms with E-state index in [9.17, 15) is 9.18 Å². The fourth-order valence-electron chi connectivity index (χ4n) is 3.40. The van der Waals surface area contributed by atoms with Gasteiger partial charge in [-0.25, -0.2) is 9.07 Å². The SMILES string of the molecule is Cc1ccc(C)c(-n2nc(-c3cccn3C)cc2C(=O)NCc2ccc(F)cc2)c1. The number of benzene rings is 2. The summed E-state index contributed by atoms with van der Waals surface area (Å²) in [5, 5.41) is 7.68. The Bertz CT molecular complexity index is 1200. The Morgan fingerprint density at radius 1 is 1.07 bits per heavy atom. The number of hydrogen-bond acceptors (Lipinski definition) is 2. The van der Waals surface area contributed by atoms with Gasteiger partial charge >= 0.3 is 0 Å². The van der Waals surface area contributed by atoms with E-state index in [1.165, 1.54) is 12.1 Å². The van der Waals surface area contributed by atoms with Crippen molar-refractivity contribution in [3.63, 3.8) is 0 Å². The van der Waals surface area contributed by atoms with Crippen LogP contribution in [0.5, 0.6) is 0 Å². The van der Waals surface area contributed by atoms with Gasteiger partial charge in [-0.1, -0.05) is 24.3 Å². The molecule has 2 heterocycles. The lowest BCUT2D eigenvalue weighted by molar-refractivity contribution is 0.0943. The van der Waals surface area contributed by atoms with Crippen LogP contribution in [0.15, 0.2) is 66.9 Å².